The molecule has 3 rings (SSSR count). The third-order valence-corrected chi connectivity index (χ3v) is 7.78. The zero-order valence-corrected chi connectivity index (χ0v) is 18.4. The summed E-state index contributed by atoms with van der Waals surface area (Å²) in [5.41, 5.74) is -0.571. The largest absolute Gasteiger partial charge is 0.416 e. The molecule has 3 aromatic carbocycles. The maximum Gasteiger partial charge on any atom is 0.416 e. The van der Waals surface area contributed by atoms with Gasteiger partial charge in [0.2, 0.25) is 11.1 Å². The molecule has 30 heavy (non-hydrogen) atoms. The van der Waals surface area contributed by atoms with Crippen LogP contribution in [0.5, 0.6) is 0 Å². The fourth-order valence-corrected chi connectivity index (χ4v) is 6.21. The van der Waals surface area contributed by atoms with Gasteiger partial charge < -0.3 is 0 Å². The Kier molecular flexibility index (Phi) is 6.91. The van der Waals surface area contributed by atoms with E-state index in [1.807, 2.05) is 0 Å². The minimum Gasteiger partial charge on any atom is -0.297 e. The maximum atomic E-state index is 14.2. The van der Waals surface area contributed by atoms with Crippen LogP contribution in [0.2, 0.25) is 0 Å². The molecule has 0 spiro atoms. The Labute approximate surface area is 187 Å². The molecule has 9 heteroatoms. The van der Waals surface area contributed by atoms with E-state index in [-0.39, 0.29) is 5.56 Å². The molecule has 0 radical (unpaired) electrons. The standard InChI is InChI=1S/C21H16Cl3F3NOP/c22-20(23,24)19(15-11-13-16(14-12-15)21(25,26)27)28-30(29,17-7-3-1-4-8-17)18-9-5-2-6-10-18/h1-14,19H,(H,28,29). The fraction of sp³-hybridized carbons (Fsp3) is 0.143. The molecule has 0 bridgehead atoms. The SMILES string of the molecule is O=P(NC(c1ccc(C(F)(F)F)cc1)C(Cl)(Cl)Cl)(c1ccccc1)c1ccccc1. The van der Waals surface area contributed by atoms with E-state index in [9.17, 15) is 17.7 Å². The molecule has 2 nitrogen and oxygen atoms in total. The molecule has 3 aromatic rings. The topological polar surface area (TPSA) is 29.1 Å². The zero-order chi connectivity index (χ0) is 22.0. The molecule has 0 aliphatic rings. The Morgan fingerprint density at radius 1 is 0.733 bits per heavy atom. The molecule has 0 heterocycles. The van der Waals surface area contributed by atoms with Gasteiger partial charge in [0, 0.05) is 10.6 Å². The maximum absolute atomic E-state index is 14.2. The van der Waals surface area contributed by atoms with Crippen LogP contribution in [0, 0.1) is 0 Å². The van der Waals surface area contributed by atoms with Crippen LogP contribution in [-0.2, 0) is 10.7 Å². The van der Waals surface area contributed by atoms with Crippen LogP contribution in [0.25, 0.3) is 0 Å². The smallest absolute Gasteiger partial charge is 0.297 e. The summed E-state index contributed by atoms with van der Waals surface area (Å²) < 4.78 is 51.0. The summed E-state index contributed by atoms with van der Waals surface area (Å²) in [6.07, 6.45) is -4.50. The van der Waals surface area contributed by atoms with Gasteiger partial charge >= 0.3 is 6.18 Å². The molecule has 0 saturated heterocycles. The monoisotopic (exact) mass is 491 g/mol. The molecule has 1 atom stereocenters. The number of benzene rings is 3. The first kappa shape index (κ1) is 23.2. The summed E-state index contributed by atoms with van der Waals surface area (Å²) in [7, 11) is -3.51. The van der Waals surface area contributed by atoms with E-state index in [0.29, 0.717) is 10.6 Å². The summed E-state index contributed by atoms with van der Waals surface area (Å²) in [4.78, 5) is 0. The second-order valence-electron chi connectivity index (χ2n) is 6.50. The summed E-state index contributed by atoms with van der Waals surface area (Å²) in [6, 6.07) is 20.3. The van der Waals surface area contributed by atoms with E-state index in [4.69, 9.17) is 34.8 Å². The van der Waals surface area contributed by atoms with Gasteiger partial charge in [0.25, 0.3) is 0 Å². The van der Waals surface area contributed by atoms with Crippen molar-refractivity contribution in [1.82, 2.24) is 5.09 Å². The van der Waals surface area contributed by atoms with Crippen molar-refractivity contribution in [3.63, 3.8) is 0 Å². The molecule has 0 aliphatic carbocycles. The first-order valence-corrected chi connectivity index (χ1v) is 11.6. The zero-order valence-electron chi connectivity index (χ0n) is 15.3. The lowest BCUT2D eigenvalue weighted by Gasteiger charge is -2.31. The van der Waals surface area contributed by atoms with Gasteiger partial charge in [-0.05, 0) is 42.0 Å². The Morgan fingerprint density at radius 2 is 1.17 bits per heavy atom. The van der Waals surface area contributed by atoms with Crippen LogP contribution in [-0.4, -0.2) is 3.79 Å². The normalized spacial score (nSPS) is 13.8. The van der Waals surface area contributed by atoms with Crippen molar-refractivity contribution in [3.8, 4) is 0 Å². The van der Waals surface area contributed by atoms with Crippen molar-refractivity contribution >= 4 is 52.7 Å². The number of hydrogen-bond donors (Lipinski definition) is 1. The highest BCUT2D eigenvalue weighted by atomic mass is 35.6. The van der Waals surface area contributed by atoms with Crippen LogP contribution >= 0.6 is 42.1 Å². The van der Waals surface area contributed by atoms with Gasteiger partial charge in [-0.2, -0.15) is 13.2 Å². The molecule has 158 valence electrons. The van der Waals surface area contributed by atoms with Gasteiger partial charge in [0.15, 0.2) is 0 Å². The number of hydrogen-bond acceptors (Lipinski definition) is 1. The summed E-state index contributed by atoms with van der Waals surface area (Å²) in [5.74, 6) is 0. The van der Waals surface area contributed by atoms with Gasteiger partial charge in [0.05, 0.1) is 11.6 Å². The van der Waals surface area contributed by atoms with E-state index < -0.39 is 28.9 Å². The lowest BCUT2D eigenvalue weighted by atomic mass is 10.1. The molecule has 1 unspecified atom stereocenters. The van der Waals surface area contributed by atoms with Gasteiger partial charge in [0.1, 0.15) is 0 Å². The predicted molar refractivity (Wildman–Crippen MR) is 117 cm³/mol. The quantitative estimate of drug-likeness (QED) is 0.320. The molecule has 0 aliphatic heterocycles. The second-order valence-corrected chi connectivity index (χ2v) is 11.4. The highest BCUT2D eigenvalue weighted by Gasteiger charge is 2.41. The molecule has 0 amide bonds. The number of rotatable bonds is 5. The fourth-order valence-electron chi connectivity index (χ4n) is 2.96. The highest BCUT2D eigenvalue weighted by Crippen LogP contribution is 2.49. The van der Waals surface area contributed by atoms with Crippen molar-refractivity contribution < 1.29 is 17.7 Å². The van der Waals surface area contributed by atoms with Gasteiger partial charge in [-0.15, -0.1) is 0 Å². The van der Waals surface area contributed by atoms with E-state index in [1.165, 1.54) is 12.1 Å². The minimum absolute atomic E-state index is 0.259. The number of nitrogens with one attached hydrogen (secondary N) is 1. The van der Waals surface area contributed by atoms with Crippen molar-refractivity contribution in [1.29, 1.82) is 0 Å². The van der Waals surface area contributed by atoms with Crippen LogP contribution in [0.15, 0.2) is 84.9 Å². The van der Waals surface area contributed by atoms with Gasteiger partial charge in [-0.1, -0.05) is 83.3 Å². The van der Waals surface area contributed by atoms with Gasteiger partial charge in [-0.25, -0.2) is 5.09 Å². The lowest BCUT2D eigenvalue weighted by molar-refractivity contribution is -0.137. The lowest BCUT2D eigenvalue weighted by Crippen LogP contribution is -2.36. The van der Waals surface area contributed by atoms with E-state index in [2.05, 4.69) is 5.09 Å². The number of halogens is 6. The van der Waals surface area contributed by atoms with Crippen LogP contribution in [0.1, 0.15) is 17.2 Å². The van der Waals surface area contributed by atoms with Crippen molar-refractivity contribution in [2.24, 2.45) is 0 Å². The van der Waals surface area contributed by atoms with Crippen molar-refractivity contribution in [3.05, 3.63) is 96.1 Å². The molecular formula is C21H16Cl3F3NOP. The van der Waals surface area contributed by atoms with E-state index >= 15 is 0 Å². The summed E-state index contributed by atoms with van der Waals surface area (Å²) in [5, 5.41) is 3.90. The third-order valence-electron chi connectivity index (χ3n) is 4.45. The Balaban J connectivity index is 2.09. The van der Waals surface area contributed by atoms with Crippen molar-refractivity contribution in [2.45, 2.75) is 16.0 Å². The van der Waals surface area contributed by atoms with Gasteiger partial charge in [-0.3, -0.25) is 4.57 Å². The molecular weight excluding hydrogens is 477 g/mol. The average molecular weight is 493 g/mol. The molecule has 0 fully saturated rings. The number of alkyl halides is 6. The first-order chi connectivity index (χ1) is 14.0. The second kappa shape index (κ2) is 8.94. The van der Waals surface area contributed by atoms with E-state index in [1.54, 1.807) is 60.7 Å². The highest BCUT2D eigenvalue weighted by molar-refractivity contribution is 7.76. The average Bonchev–Trinajstić information content (AvgIpc) is 2.72. The van der Waals surface area contributed by atoms with Crippen LogP contribution in [0.3, 0.4) is 0 Å². The Hall–Kier alpha value is -1.49. The van der Waals surface area contributed by atoms with Crippen molar-refractivity contribution in [2.75, 3.05) is 0 Å². The van der Waals surface area contributed by atoms with Crippen LogP contribution < -0.4 is 15.7 Å². The first-order valence-electron chi connectivity index (χ1n) is 8.75. The minimum atomic E-state index is -4.50. The predicted octanol–water partition coefficient (Wildman–Crippen LogP) is 6.64. The molecule has 0 aromatic heterocycles. The molecule has 1 N–H and O–H groups in total. The summed E-state index contributed by atoms with van der Waals surface area (Å²) in [6.45, 7) is 0. The molecule has 0 saturated carbocycles. The Morgan fingerprint density at radius 3 is 1.53 bits per heavy atom. The van der Waals surface area contributed by atoms with Crippen LogP contribution in [0.4, 0.5) is 13.2 Å². The third kappa shape index (κ3) is 5.22. The van der Waals surface area contributed by atoms with E-state index in [0.717, 1.165) is 12.1 Å². The summed E-state index contributed by atoms with van der Waals surface area (Å²) >= 11 is 18.5. The Bertz CT molecular complexity index is 980.